The van der Waals surface area contributed by atoms with Crippen LogP contribution in [0.3, 0.4) is 0 Å². The molecule has 3 N–H and O–H groups in total. The number of thioether (sulfide) groups is 1. The van der Waals surface area contributed by atoms with E-state index in [-0.39, 0.29) is 31.1 Å². The first-order valence-electron chi connectivity index (χ1n) is 9.80. The zero-order chi connectivity index (χ0) is 29.5. The van der Waals surface area contributed by atoms with Crippen LogP contribution in [0.5, 0.6) is 0 Å². The van der Waals surface area contributed by atoms with Gasteiger partial charge in [0.15, 0.2) is 0 Å². The third-order valence-corrected chi connectivity index (χ3v) is 5.22. The second-order valence-electron chi connectivity index (χ2n) is 7.26. The quantitative estimate of drug-likeness (QED) is 0.176. The fourth-order valence-electron chi connectivity index (χ4n) is 2.28. The van der Waals surface area contributed by atoms with Crippen LogP contribution < -0.4 is 10.6 Å². The van der Waals surface area contributed by atoms with Gasteiger partial charge in [0.2, 0.25) is 5.91 Å². The third-order valence-electron chi connectivity index (χ3n) is 4.41. The number of halogens is 13. The fourth-order valence-corrected chi connectivity index (χ4v) is 3.03. The van der Waals surface area contributed by atoms with Crippen LogP contribution in [0, 0.1) is 0 Å². The van der Waals surface area contributed by atoms with E-state index in [2.05, 4.69) is 5.32 Å². The highest BCUT2D eigenvalue weighted by molar-refractivity contribution is 8.13. The fraction of sp³-hybridized carbons (Fsp3) is 0.824. The van der Waals surface area contributed by atoms with Crippen molar-refractivity contribution in [3.8, 4) is 0 Å². The molecule has 0 aromatic rings. The topological polar surface area (TPSA) is 95.5 Å². The average Bonchev–Trinajstić information content (AvgIpc) is 2.71. The Balaban J connectivity index is 4.85. The molecule has 0 atom stereocenters. The Kier molecular flexibility index (Phi) is 11.9. The predicted octanol–water partition coefficient (Wildman–Crippen LogP) is 5.32. The Morgan fingerprint density at radius 3 is 1.65 bits per heavy atom. The number of rotatable bonds is 15. The van der Waals surface area contributed by atoms with Crippen LogP contribution in [0.4, 0.5) is 61.9 Å². The highest BCUT2D eigenvalue weighted by atomic mass is 32.2. The molecule has 37 heavy (non-hydrogen) atoms. The molecule has 0 aromatic carbocycles. The van der Waals surface area contributed by atoms with Crippen LogP contribution >= 0.6 is 11.8 Å². The summed E-state index contributed by atoms with van der Waals surface area (Å²) in [5, 5.41) is 11.4. The number of carbonyl (C=O) groups is 3. The lowest BCUT2D eigenvalue weighted by Gasteiger charge is -2.39. The minimum Gasteiger partial charge on any atom is -0.481 e. The number of amides is 2. The molecule has 0 spiro atoms. The summed E-state index contributed by atoms with van der Waals surface area (Å²) in [5.41, 5.74) is 0. The van der Waals surface area contributed by atoms with E-state index in [4.69, 9.17) is 5.11 Å². The van der Waals surface area contributed by atoms with E-state index in [1.165, 1.54) is 0 Å². The van der Waals surface area contributed by atoms with Gasteiger partial charge in [0, 0.05) is 38.1 Å². The van der Waals surface area contributed by atoms with E-state index >= 15 is 0 Å². The molecule has 2 amide bonds. The minimum absolute atomic E-state index is 0.0800. The van der Waals surface area contributed by atoms with E-state index < -0.39 is 78.0 Å². The summed E-state index contributed by atoms with van der Waals surface area (Å²) in [4.78, 5) is 33.2. The van der Waals surface area contributed by atoms with Gasteiger partial charge in [-0.1, -0.05) is 11.8 Å². The number of carbonyl (C=O) groups excluding carboxylic acids is 2. The van der Waals surface area contributed by atoms with Crippen LogP contribution in [0.15, 0.2) is 0 Å². The molecule has 0 aliphatic carbocycles. The monoisotopic (exact) mass is 594 g/mol. The molecule has 0 radical (unpaired) electrons. The Bertz CT molecular complexity index is 807. The molecule has 0 saturated carbocycles. The normalized spacial score (nSPS) is 13.9. The second kappa shape index (κ2) is 12.6. The number of aliphatic carboxylic acids is 1. The van der Waals surface area contributed by atoms with Gasteiger partial charge in [0.25, 0.3) is 5.24 Å². The summed E-state index contributed by atoms with van der Waals surface area (Å²) < 4.78 is 169. The van der Waals surface area contributed by atoms with E-state index in [0.717, 1.165) is 0 Å². The first kappa shape index (κ1) is 34.9. The van der Waals surface area contributed by atoms with Crippen molar-refractivity contribution in [1.82, 2.24) is 10.6 Å². The van der Waals surface area contributed by atoms with Gasteiger partial charge in [0.05, 0.1) is 0 Å². The maximum atomic E-state index is 13.6. The van der Waals surface area contributed by atoms with Crippen molar-refractivity contribution in [2.75, 3.05) is 18.8 Å². The maximum absolute atomic E-state index is 13.6. The lowest BCUT2D eigenvalue weighted by molar-refractivity contribution is -0.439. The van der Waals surface area contributed by atoms with Gasteiger partial charge in [0.1, 0.15) is 0 Å². The molecule has 6 nitrogen and oxygen atoms in total. The zero-order valence-corrected chi connectivity index (χ0v) is 19.0. The predicted molar refractivity (Wildman–Crippen MR) is 100 cm³/mol. The number of nitrogens with one attached hydrogen (secondary N) is 2. The van der Waals surface area contributed by atoms with Crippen molar-refractivity contribution in [3.63, 3.8) is 0 Å². The van der Waals surface area contributed by atoms with Crippen LogP contribution in [0.1, 0.15) is 32.1 Å². The molecule has 0 saturated heterocycles. The summed E-state index contributed by atoms with van der Waals surface area (Å²) in [5.74, 6) is -40.5. The molecular formula is C17H19F13N2O4S. The van der Waals surface area contributed by atoms with E-state index in [1.54, 1.807) is 0 Å². The van der Waals surface area contributed by atoms with E-state index in [0.29, 0.717) is 6.42 Å². The maximum Gasteiger partial charge on any atom is 0.460 e. The van der Waals surface area contributed by atoms with Gasteiger partial charge in [-0.3, -0.25) is 14.4 Å². The second-order valence-corrected chi connectivity index (χ2v) is 8.33. The summed E-state index contributed by atoms with van der Waals surface area (Å²) in [7, 11) is 0. The number of alkyl halides is 13. The number of unbranched alkanes of at least 4 members (excludes halogenated alkanes) is 1. The Hall–Kier alpha value is -2.15. The molecule has 0 aliphatic rings. The summed E-state index contributed by atoms with van der Waals surface area (Å²) in [6.45, 7) is -0.368. The van der Waals surface area contributed by atoms with Gasteiger partial charge in [-0.2, -0.15) is 57.1 Å². The number of carboxylic acid groups (broad SMARTS) is 1. The molecule has 0 aliphatic heterocycles. The van der Waals surface area contributed by atoms with Crippen LogP contribution in [-0.4, -0.2) is 76.9 Å². The van der Waals surface area contributed by atoms with Crippen LogP contribution in [0.2, 0.25) is 0 Å². The molecule has 0 bridgehead atoms. The molecule has 0 aromatic heterocycles. The van der Waals surface area contributed by atoms with Crippen molar-refractivity contribution >= 4 is 28.9 Å². The van der Waals surface area contributed by atoms with Gasteiger partial charge >= 0.3 is 41.8 Å². The SMILES string of the molecule is O=C(O)CCCCNC(=O)CCNC(=O)SCCC(F)(F)C(F)(F)C(F)(F)C(F)(F)C(F)(F)C(F)(F)F. The minimum atomic E-state index is -7.98. The standard InChI is InChI=1S/C17H19F13N2O4S/c18-12(19,13(20,21)14(22,23)15(24,25)16(26,27)17(28,29)30)5-8-37-11(36)32-7-4-9(33)31-6-2-1-3-10(34)35/h1-8H2,(H,31,33)(H,32,36)(H,34,35). The van der Waals surface area contributed by atoms with Gasteiger partial charge < -0.3 is 15.7 Å². The van der Waals surface area contributed by atoms with Crippen molar-refractivity contribution in [1.29, 1.82) is 0 Å². The van der Waals surface area contributed by atoms with Crippen molar-refractivity contribution < 1.29 is 76.6 Å². The molecule has 20 heteroatoms. The summed E-state index contributed by atoms with van der Waals surface area (Å²) in [6, 6.07) is 0. The largest absolute Gasteiger partial charge is 0.481 e. The number of carboxylic acids is 1. The van der Waals surface area contributed by atoms with Crippen molar-refractivity contribution in [2.45, 2.75) is 67.9 Å². The van der Waals surface area contributed by atoms with Gasteiger partial charge in [-0.25, -0.2) is 0 Å². The highest BCUT2D eigenvalue weighted by Gasteiger charge is 2.90. The van der Waals surface area contributed by atoms with Gasteiger partial charge in [-0.15, -0.1) is 0 Å². The van der Waals surface area contributed by atoms with Crippen molar-refractivity contribution in [3.05, 3.63) is 0 Å². The number of hydrogen-bond acceptors (Lipinski definition) is 4. The average molecular weight is 594 g/mol. The molecule has 218 valence electrons. The lowest BCUT2D eigenvalue weighted by atomic mass is 9.93. The first-order valence-corrected chi connectivity index (χ1v) is 10.8. The molecule has 0 unspecified atom stereocenters. The Morgan fingerprint density at radius 1 is 0.649 bits per heavy atom. The Morgan fingerprint density at radius 2 is 1.16 bits per heavy atom. The molecule has 0 rings (SSSR count). The van der Waals surface area contributed by atoms with Crippen molar-refractivity contribution in [2.24, 2.45) is 0 Å². The summed E-state index contributed by atoms with van der Waals surface area (Å²) in [6.07, 6.45) is -9.99. The van der Waals surface area contributed by atoms with Crippen LogP contribution in [0.25, 0.3) is 0 Å². The molecule has 0 fully saturated rings. The molecular weight excluding hydrogens is 575 g/mol. The van der Waals surface area contributed by atoms with E-state index in [1.807, 2.05) is 5.32 Å². The number of hydrogen-bond donors (Lipinski definition) is 3. The highest BCUT2D eigenvalue weighted by Crippen LogP contribution is 2.60. The third kappa shape index (κ3) is 8.42. The Labute approximate surface area is 203 Å². The molecule has 0 heterocycles. The summed E-state index contributed by atoms with van der Waals surface area (Å²) >= 11 is -0.285. The van der Waals surface area contributed by atoms with E-state index in [9.17, 15) is 71.5 Å². The zero-order valence-electron chi connectivity index (χ0n) is 18.2. The van der Waals surface area contributed by atoms with Gasteiger partial charge in [-0.05, 0) is 12.8 Å². The lowest BCUT2D eigenvalue weighted by Crippen LogP contribution is -2.70. The smallest absolute Gasteiger partial charge is 0.460 e. The van der Waals surface area contributed by atoms with Crippen LogP contribution in [-0.2, 0) is 9.59 Å². The first-order chi connectivity index (χ1) is 16.5.